The molecule has 5 N–H and O–H groups in total. The van der Waals surface area contributed by atoms with Crippen molar-refractivity contribution >= 4 is 35.0 Å². The number of amides is 2. The Balaban J connectivity index is 1.78. The average molecular weight is 505 g/mol. The third-order valence-electron chi connectivity index (χ3n) is 6.07. The molecule has 1 aromatic carbocycles. The summed E-state index contributed by atoms with van der Waals surface area (Å²) in [5.74, 6) is -0.201. The monoisotopic (exact) mass is 504 g/mol. The van der Waals surface area contributed by atoms with E-state index in [0.29, 0.717) is 18.9 Å². The molecule has 0 saturated carbocycles. The van der Waals surface area contributed by atoms with E-state index >= 15 is 0 Å². The minimum absolute atomic E-state index is 0.00781. The second-order valence-electron chi connectivity index (χ2n) is 10.4. The van der Waals surface area contributed by atoms with E-state index in [1.165, 1.54) is 6.08 Å². The highest BCUT2D eigenvalue weighted by molar-refractivity contribution is 6.11. The maximum Gasteiger partial charge on any atom is 0.324 e. The number of nitrogens with zero attached hydrogens (tertiary/aromatic N) is 2. The molecule has 196 valence electrons. The van der Waals surface area contributed by atoms with E-state index < -0.39 is 11.4 Å². The van der Waals surface area contributed by atoms with E-state index in [2.05, 4.69) is 32.9 Å². The topological polar surface area (TPSA) is 132 Å². The lowest BCUT2D eigenvalue weighted by molar-refractivity contribution is -0.0501. The van der Waals surface area contributed by atoms with E-state index in [1.807, 2.05) is 58.3 Å². The highest BCUT2D eigenvalue weighted by Crippen LogP contribution is 2.36. The van der Waals surface area contributed by atoms with Gasteiger partial charge in [-0.15, -0.1) is 0 Å². The number of nitrogens with one attached hydrogen (secondary N) is 4. The Morgan fingerprint density at radius 2 is 2.00 bits per heavy atom. The van der Waals surface area contributed by atoms with E-state index in [9.17, 15) is 9.90 Å². The van der Waals surface area contributed by atoms with Gasteiger partial charge in [-0.3, -0.25) is 20.7 Å². The van der Waals surface area contributed by atoms with Crippen LogP contribution in [0.5, 0.6) is 0 Å². The molecule has 9 heteroatoms. The van der Waals surface area contributed by atoms with Gasteiger partial charge < -0.3 is 20.5 Å². The summed E-state index contributed by atoms with van der Waals surface area (Å²) in [7, 11) is 1.72. The first kappa shape index (κ1) is 27.6. The maximum absolute atomic E-state index is 12.4. The summed E-state index contributed by atoms with van der Waals surface area (Å²) in [6.07, 6.45) is 8.52. The number of hydrogen-bond acceptors (Lipinski definition) is 7. The fourth-order valence-corrected chi connectivity index (χ4v) is 3.72. The number of amidine groups is 1. The van der Waals surface area contributed by atoms with Gasteiger partial charge in [0.25, 0.3) is 0 Å². The minimum atomic E-state index is -0.580. The van der Waals surface area contributed by atoms with Gasteiger partial charge in [-0.2, -0.15) is 0 Å². The first-order valence-electron chi connectivity index (χ1n) is 12.0. The fraction of sp³-hybridized carbons (Fsp3) is 0.357. The second kappa shape index (κ2) is 11.4. The molecule has 2 aromatic rings. The number of pyridine rings is 1. The molecule has 0 atom stereocenters. The number of carbonyl (C=O) groups is 1. The van der Waals surface area contributed by atoms with E-state index in [-0.39, 0.29) is 17.0 Å². The van der Waals surface area contributed by atoms with Crippen molar-refractivity contribution in [1.29, 1.82) is 5.41 Å². The number of anilines is 2. The molecule has 0 aliphatic carbocycles. The summed E-state index contributed by atoms with van der Waals surface area (Å²) in [5, 5.41) is 26.5. The molecule has 0 bridgehead atoms. The Morgan fingerprint density at radius 1 is 1.27 bits per heavy atom. The number of carbonyl (C=O) groups excluding carboxylic acids is 1. The van der Waals surface area contributed by atoms with Crippen molar-refractivity contribution in [3.63, 3.8) is 0 Å². The normalized spacial score (nSPS) is 15.7. The molecule has 9 nitrogen and oxygen atoms in total. The van der Waals surface area contributed by atoms with Gasteiger partial charge in [-0.05, 0) is 36.2 Å². The van der Waals surface area contributed by atoms with Crippen molar-refractivity contribution in [2.75, 3.05) is 30.9 Å². The van der Waals surface area contributed by atoms with Crippen LogP contribution in [0.3, 0.4) is 0 Å². The van der Waals surface area contributed by atoms with Crippen molar-refractivity contribution in [3.8, 4) is 0 Å². The van der Waals surface area contributed by atoms with Crippen LogP contribution in [0.15, 0.2) is 59.7 Å². The Kier molecular flexibility index (Phi) is 8.49. The SMILES string of the molecule is C/N=C\C(=C/Nc1cc(NC(=O)NC(=N)/C=C(\O)C(C)(C)C)ccc1C)c1cnccc1C1(C)COC1. The van der Waals surface area contributed by atoms with Crippen molar-refractivity contribution in [2.24, 2.45) is 10.4 Å². The summed E-state index contributed by atoms with van der Waals surface area (Å²) < 4.78 is 5.48. The summed E-state index contributed by atoms with van der Waals surface area (Å²) in [4.78, 5) is 21.0. The van der Waals surface area contributed by atoms with E-state index in [4.69, 9.17) is 10.1 Å². The summed E-state index contributed by atoms with van der Waals surface area (Å²) in [6, 6.07) is 6.92. The summed E-state index contributed by atoms with van der Waals surface area (Å²) in [6.45, 7) is 10.9. The Morgan fingerprint density at radius 3 is 2.62 bits per heavy atom. The molecule has 1 saturated heterocycles. The van der Waals surface area contributed by atoms with Gasteiger partial charge >= 0.3 is 6.03 Å². The van der Waals surface area contributed by atoms with Crippen LogP contribution in [-0.2, 0) is 10.2 Å². The van der Waals surface area contributed by atoms with E-state index in [1.54, 1.807) is 25.5 Å². The van der Waals surface area contributed by atoms with Gasteiger partial charge in [0.15, 0.2) is 0 Å². The molecular weight excluding hydrogens is 468 g/mol. The maximum atomic E-state index is 12.4. The molecule has 0 spiro atoms. The quantitative estimate of drug-likeness (QED) is 0.195. The number of urea groups is 1. The first-order chi connectivity index (χ1) is 17.4. The summed E-state index contributed by atoms with van der Waals surface area (Å²) in [5.41, 5.74) is 4.73. The number of ether oxygens (including phenoxy) is 1. The van der Waals surface area contributed by atoms with Gasteiger partial charge in [0, 0.05) is 71.3 Å². The van der Waals surface area contributed by atoms with Crippen LogP contribution < -0.4 is 16.0 Å². The number of aromatic nitrogens is 1. The third kappa shape index (κ3) is 7.04. The Hall–Kier alpha value is -3.98. The van der Waals surface area contributed by atoms with Gasteiger partial charge in [-0.1, -0.05) is 33.8 Å². The fourth-order valence-electron chi connectivity index (χ4n) is 3.72. The zero-order chi connectivity index (χ0) is 27.2. The number of rotatable bonds is 7. The third-order valence-corrected chi connectivity index (χ3v) is 6.07. The predicted octanol–water partition coefficient (Wildman–Crippen LogP) is 5.42. The minimum Gasteiger partial charge on any atom is -0.512 e. The second-order valence-corrected chi connectivity index (χ2v) is 10.4. The molecular formula is C28H36N6O3. The van der Waals surface area contributed by atoms with Crippen molar-refractivity contribution in [2.45, 2.75) is 40.0 Å². The number of hydrogen-bond donors (Lipinski definition) is 5. The highest BCUT2D eigenvalue weighted by Gasteiger charge is 2.37. The highest BCUT2D eigenvalue weighted by atomic mass is 16.5. The predicted molar refractivity (Wildman–Crippen MR) is 150 cm³/mol. The Labute approximate surface area is 218 Å². The molecule has 0 radical (unpaired) electrons. The zero-order valence-corrected chi connectivity index (χ0v) is 22.3. The van der Waals surface area contributed by atoms with Crippen molar-refractivity contribution < 1.29 is 14.6 Å². The lowest BCUT2D eigenvalue weighted by Gasteiger charge is -2.39. The molecule has 2 heterocycles. The Bertz CT molecular complexity index is 1250. The van der Waals surface area contributed by atoms with Gasteiger partial charge in [0.2, 0.25) is 0 Å². The molecule has 2 amide bonds. The average Bonchev–Trinajstić information content (AvgIpc) is 2.81. The smallest absolute Gasteiger partial charge is 0.324 e. The first-order valence-corrected chi connectivity index (χ1v) is 12.0. The van der Waals surface area contributed by atoms with Crippen LogP contribution in [0, 0.1) is 17.7 Å². The lowest BCUT2D eigenvalue weighted by atomic mass is 9.78. The summed E-state index contributed by atoms with van der Waals surface area (Å²) >= 11 is 0. The standard InChI is InChI=1S/C28H36N6O3/c1-18-7-8-20(33-26(36)34-25(29)12-24(35)27(2,3)4)11-23(18)32-14-19(13-30-6)21-15-31-10-9-22(21)28(5)16-37-17-28/h7-15,32,35H,16-17H2,1-6H3,(H3,29,33,34,36)/b19-14+,24-12-,30-13-. The van der Waals surface area contributed by atoms with Gasteiger partial charge in [0.05, 0.1) is 13.2 Å². The van der Waals surface area contributed by atoms with E-state index in [0.717, 1.165) is 28.0 Å². The number of aryl methyl sites for hydroxylation is 1. The van der Waals surface area contributed by atoms with Crippen molar-refractivity contribution in [1.82, 2.24) is 10.3 Å². The number of aliphatic hydroxyl groups is 1. The van der Waals surface area contributed by atoms with Gasteiger partial charge in [-0.25, -0.2) is 4.79 Å². The zero-order valence-electron chi connectivity index (χ0n) is 22.3. The molecule has 1 aliphatic rings. The van der Waals surface area contributed by atoms with Crippen LogP contribution in [0.1, 0.15) is 44.4 Å². The number of aliphatic hydroxyl groups excluding tert-OH is 1. The van der Waals surface area contributed by atoms with Crippen LogP contribution in [0.25, 0.3) is 5.57 Å². The molecule has 1 fully saturated rings. The van der Waals surface area contributed by atoms with Gasteiger partial charge in [0.1, 0.15) is 11.6 Å². The molecule has 37 heavy (non-hydrogen) atoms. The lowest BCUT2D eigenvalue weighted by Crippen LogP contribution is -2.44. The van der Waals surface area contributed by atoms with Crippen molar-refractivity contribution in [3.05, 3.63) is 71.4 Å². The largest absolute Gasteiger partial charge is 0.512 e. The van der Waals surface area contributed by atoms with Crippen LogP contribution in [0.2, 0.25) is 0 Å². The molecule has 1 aliphatic heterocycles. The number of benzene rings is 1. The van der Waals surface area contributed by atoms with Crippen LogP contribution >= 0.6 is 0 Å². The molecule has 3 rings (SSSR count). The molecule has 1 aromatic heterocycles. The number of allylic oxidation sites excluding steroid dienone is 2. The molecule has 0 unspecified atom stereocenters. The number of aliphatic imine (C=N–C) groups is 1. The van der Waals surface area contributed by atoms with Crippen LogP contribution in [-0.4, -0.2) is 48.4 Å². The van der Waals surface area contributed by atoms with Crippen LogP contribution in [0.4, 0.5) is 16.2 Å².